The summed E-state index contributed by atoms with van der Waals surface area (Å²) in [5.74, 6) is -8.91. The Morgan fingerprint density at radius 3 is 1.85 bits per heavy atom. The van der Waals surface area contributed by atoms with Gasteiger partial charge >= 0.3 is 23.9 Å². The number of rotatable bonds is 17. The van der Waals surface area contributed by atoms with Gasteiger partial charge < -0.3 is 47.1 Å². The minimum Gasteiger partial charge on any atom is -0.481 e. The van der Waals surface area contributed by atoms with Crippen LogP contribution in [0.4, 0.5) is 0 Å². The Labute approximate surface area is 232 Å². The molecule has 0 aliphatic heterocycles. The van der Waals surface area contributed by atoms with Crippen molar-refractivity contribution < 1.29 is 54.0 Å². The first-order valence-electron chi connectivity index (χ1n) is 12.4. The van der Waals surface area contributed by atoms with E-state index in [-0.39, 0.29) is 6.42 Å². The number of nitrogens with two attached hydrogens (primary N) is 1. The number of aromatic amines is 1. The molecule has 0 saturated heterocycles. The zero-order valence-corrected chi connectivity index (χ0v) is 21.7. The summed E-state index contributed by atoms with van der Waals surface area (Å²) < 4.78 is 0. The van der Waals surface area contributed by atoms with Gasteiger partial charge in [0.25, 0.3) is 0 Å². The second-order valence-electron chi connectivity index (χ2n) is 9.15. The second-order valence-corrected chi connectivity index (χ2v) is 9.15. The van der Waals surface area contributed by atoms with E-state index in [1.54, 1.807) is 12.3 Å². The first kappa shape index (κ1) is 32.2. The SMILES string of the molecule is NC(Cc1c[nH]c2ccccc12)C(=O)NC(CC(=O)O)C(=O)NC(CCC(=O)O)C(=O)NC(CCC(=O)O)C(=O)O. The summed E-state index contributed by atoms with van der Waals surface area (Å²) in [6.45, 7) is 0. The quantitative estimate of drug-likeness (QED) is 0.107. The van der Waals surface area contributed by atoms with Crippen LogP contribution >= 0.6 is 0 Å². The van der Waals surface area contributed by atoms with Crippen LogP contribution in [0.1, 0.15) is 37.7 Å². The van der Waals surface area contributed by atoms with Crippen LogP contribution in [0.2, 0.25) is 0 Å². The van der Waals surface area contributed by atoms with Crippen LogP contribution in [0.3, 0.4) is 0 Å². The minimum atomic E-state index is -1.73. The van der Waals surface area contributed by atoms with Gasteiger partial charge in [-0.25, -0.2) is 4.79 Å². The molecule has 41 heavy (non-hydrogen) atoms. The van der Waals surface area contributed by atoms with Gasteiger partial charge in [-0.05, 0) is 30.9 Å². The highest BCUT2D eigenvalue weighted by Gasteiger charge is 2.32. The lowest BCUT2D eigenvalue weighted by molar-refractivity contribution is -0.144. The molecule has 4 unspecified atom stereocenters. The molecule has 1 aromatic carbocycles. The number of hydrogen-bond donors (Lipinski definition) is 9. The number of carbonyl (C=O) groups excluding carboxylic acids is 3. The highest BCUT2D eigenvalue weighted by molar-refractivity contribution is 5.96. The van der Waals surface area contributed by atoms with E-state index in [0.29, 0.717) is 5.56 Å². The van der Waals surface area contributed by atoms with Crippen LogP contribution < -0.4 is 21.7 Å². The van der Waals surface area contributed by atoms with Crippen molar-refractivity contribution in [2.24, 2.45) is 5.73 Å². The second kappa shape index (κ2) is 15.0. The number of amides is 3. The van der Waals surface area contributed by atoms with Crippen molar-refractivity contribution >= 4 is 52.5 Å². The Morgan fingerprint density at radius 2 is 1.27 bits per heavy atom. The van der Waals surface area contributed by atoms with E-state index >= 15 is 0 Å². The van der Waals surface area contributed by atoms with Crippen molar-refractivity contribution in [3.05, 3.63) is 36.0 Å². The lowest BCUT2D eigenvalue weighted by Crippen LogP contribution is -2.57. The van der Waals surface area contributed by atoms with Crippen molar-refractivity contribution in [3.63, 3.8) is 0 Å². The smallest absolute Gasteiger partial charge is 0.326 e. The number of hydrogen-bond acceptors (Lipinski definition) is 8. The van der Waals surface area contributed by atoms with E-state index in [2.05, 4.69) is 15.6 Å². The molecule has 0 bridgehead atoms. The molecule has 0 aliphatic rings. The van der Waals surface area contributed by atoms with E-state index in [1.165, 1.54) is 0 Å². The van der Waals surface area contributed by atoms with Crippen LogP contribution in [-0.4, -0.2) is 91.2 Å². The highest BCUT2D eigenvalue weighted by atomic mass is 16.4. The zero-order chi connectivity index (χ0) is 30.7. The van der Waals surface area contributed by atoms with Crippen LogP contribution in [0.25, 0.3) is 10.9 Å². The summed E-state index contributed by atoms with van der Waals surface area (Å²) >= 11 is 0. The molecule has 1 heterocycles. The summed E-state index contributed by atoms with van der Waals surface area (Å²) in [6.07, 6.45) is -1.49. The average molecular weight is 578 g/mol. The van der Waals surface area contributed by atoms with Gasteiger partial charge in [0.05, 0.1) is 12.5 Å². The number of carbonyl (C=O) groups is 7. The molecule has 10 N–H and O–H groups in total. The molecular weight excluding hydrogens is 546 g/mol. The molecule has 222 valence electrons. The van der Waals surface area contributed by atoms with Crippen molar-refractivity contribution in [2.75, 3.05) is 0 Å². The number of para-hydroxylation sites is 1. The third-order valence-corrected chi connectivity index (χ3v) is 6.00. The molecule has 16 nitrogen and oxygen atoms in total. The highest BCUT2D eigenvalue weighted by Crippen LogP contribution is 2.18. The maximum absolute atomic E-state index is 13.0. The predicted octanol–water partition coefficient (Wildman–Crippen LogP) is -1.22. The van der Waals surface area contributed by atoms with Crippen LogP contribution in [0.5, 0.6) is 0 Å². The van der Waals surface area contributed by atoms with Crippen LogP contribution in [0, 0.1) is 0 Å². The van der Waals surface area contributed by atoms with Crippen LogP contribution in [-0.2, 0) is 40.0 Å². The minimum absolute atomic E-state index is 0.0355. The maximum atomic E-state index is 13.0. The Balaban J connectivity index is 2.15. The van der Waals surface area contributed by atoms with E-state index in [0.717, 1.165) is 10.9 Å². The fraction of sp³-hybridized carbons (Fsp3) is 0.400. The van der Waals surface area contributed by atoms with Crippen molar-refractivity contribution in [1.29, 1.82) is 0 Å². The number of carboxylic acids is 4. The fourth-order valence-electron chi connectivity index (χ4n) is 3.90. The third-order valence-electron chi connectivity index (χ3n) is 6.00. The van der Waals surface area contributed by atoms with Crippen LogP contribution in [0.15, 0.2) is 30.5 Å². The number of H-pyrrole nitrogens is 1. The molecule has 0 radical (unpaired) electrons. The van der Waals surface area contributed by atoms with E-state index in [1.807, 2.05) is 23.5 Å². The Kier molecular flexibility index (Phi) is 11.8. The lowest BCUT2D eigenvalue weighted by atomic mass is 10.0. The van der Waals surface area contributed by atoms with Gasteiger partial charge in [0.15, 0.2) is 0 Å². The van der Waals surface area contributed by atoms with Gasteiger partial charge in [0, 0.05) is 29.9 Å². The summed E-state index contributed by atoms with van der Waals surface area (Å²) in [5.41, 5.74) is 7.51. The number of aliphatic carboxylic acids is 4. The molecular formula is C25H31N5O11. The van der Waals surface area contributed by atoms with Gasteiger partial charge in [-0.1, -0.05) is 18.2 Å². The fourth-order valence-corrected chi connectivity index (χ4v) is 3.90. The molecule has 0 aliphatic carbocycles. The normalized spacial score (nSPS) is 13.8. The number of benzene rings is 1. The Hall–Kier alpha value is -4.99. The van der Waals surface area contributed by atoms with Crippen molar-refractivity contribution in [3.8, 4) is 0 Å². The van der Waals surface area contributed by atoms with Gasteiger partial charge in [0.1, 0.15) is 18.1 Å². The maximum Gasteiger partial charge on any atom is 0.326 e. The largest absolute Gasteiger partial charge is 0.481 e. The van der Waals surface area contributed by atoms with Gasteiger partial charge in [-0.15, -0.1) is 0 Å². The number of carboxylic acid groups (broad SMARTS) is 4. The zero-order valence-electron chi connectivity index (χ0n) is 21.7. The summed E-state index contributed by atoms with van der Waals surface area (Å²) in [6, 6.07) is 0.988. The molecule has 0 saturated carbocycles. The lowest BCUT2D eigenvalue weighted by Gasteiger charge is -2.24. The molecule has 2 aromatic rings. The molecule has 4 atom stereocenters. The number of aromatic nitrogens is 1. The summed E-state index contributed by atoms with van der Waals surface area (Å²) in [5, 5.41) is 43.6. The topological polar surface area (TPSA) is 278 Å². The molecule has 1 aromatic heterocycles. The van der Waals surface area contributed by atoms with E-state index < -0.39 is 97.9 Å². The molecule has 2 rings (SSSR count). The molecule has 0 fully saturated rings. The Bertz CT molecular complexity index is 1310. The first-order chi connectivity index (χ1) is 19.3. The first-order valence-corrected chi connectivity index (χ1v) is 12.4. The molecule has 3 amide bonds. The predicted molar refractivity (Wildman–Crippen MR) is 139 cm³/mol. The summed E-state index contributed by atoms with van der Waals surface area (Å²) in [4.78, 5) is 86.3. The standard InChI is InChI=1S/C25H31N5O11/c26-14(9-12-11-27-15-4-2-1-3-13(12)15)22(37)30-18(10-21(35)36)24(39)28-16(5-7-19(31)32)23(38)29-17(25(40)41)6-8-20(33)34/h1-4,11,14,16-18,27H,5-10,26H2,(H,28,39)(H,29,38)(H,30,37)(H,31,32)(H,33,34)(H,35,36)(H,40,41). The van der Waals surface area contributed by atoms with Crippen molar-refractivity contribution in [1.82, 2.24) is 20.9 Å². The van der Waals surface area contributed by atoms with Crippen molar-refractivity contribution in [2.45, 2.75) is 62.7 Å². The molecule has 16 heteroatoms. The number of fused-ring (bicyclic) bond motifs is 1. The van der Waals surface area contributed by atoms with Gasteiger partial charge in [-0.3, -0.25) is 28.8 Å². The Morgan fingerprint density at radius 1 is 0.732 bits per heavy atom. The number of nitrogens with one attached hydrogen (secondary N) is 4. The molecule has 0 spiro atoms. The van der Waals surface area contributed by atoms with Gasteiger partial charge in [0.2, 0.25) is 17.7 Å². The van der Waals surface area contributed by atoms with E-state index in [9.17, 15) is 43.8 Å². The van der Waals surface area contributed by atoms with E-state index in [4.69, 9.17) is 15.9 Å². The third kappa shape index (κ3) is 10.2. The summed E-state index contributed by atoms with van der Waals surface area (Å²) in [7, 11) is 0. The van der Waals surface area contributed by atoms with Gasteiger partial charge in [-0.2, -0.15) is 0 Å². The average Bonchev–Trinajstić information content (AvgIpc) is 3.30. The monoisotopic (exact) mass is 577 g/mol.